The van der Waals surface area contributed by atoms with Gasteiger partial charge in [-0.2, -0.15) is 0 Å². The van der Waals surface area contributed by atoms with Crippen molar-refractivity contribution in [3.8, 4) is 80.1 Å². The van der Waals surface area contributed by atoms with Gasteiger partial charge in [-0.25, -0.2) is 4.79 Å². The number of phenolic OH excluding ortho intramolecular Hbond substituents is 4. The lowest BCUT2D eigenvalue weighted by atomic mass is 9.89. The van der Waals surface area contributed by atoms with Gasteiger partial charge in [0.1, 0.15) is 156 Å². The highest BCUT2D eigenvalue weighted by Crippen LogP contribution is 2.51. The molecule has 44 heteroatoms. The first-order chi connectivity index (χ1) is 59.0. The van der Waals surface area contributed by atoms with E-state index in [0.29, 0.717) is 0 Å². The molecule has 0 aromatic heterocycles. The Morgan fingerprint density at radius 2 is 1.00 bits per heavy atom. The van der Waals surface area contributed by atoms with E-state index in [1.807, 2.05) is 0 Å². The monoisotopic (exact) mass is 1770 g/mol. The van der Waals surface area contributed by atoms with E-state index in [9.17, 15) is 95.8 Å². The normalized spacial score (nSPS) is 29.9. The number of halogens is 2. The second-order valence-corrected chi connectivity index (χ2v) is 30.8. The van der Waals surface area contributed by atoms with Crippen molar-refractivity contribution in [3.63, 3.8) is 0 Å². The SMILES string of the molecule is CC(=O)NC1C(Oc2c3cc4cc2Oc2ccc(cc2Cl)[C@@H](OC2OC(CO)C(O)C(O)C2NC(C)=O)[C@@H]2NC(=O)C(NC(=O)[C@@H]4NC(=O)[C@H]4NC(=O)[C@@H](Cc5ccc(c(Cl)c5)O3)NC(=O)[C@H](N)c3ccc(O)c(c3)Oc3cc(O)cc4c3)c3ccc(O)c(c3)-c3c(OC4OC(CO)C(O)C(O)C4O)cc(O)cc3[C@@H](C(=O)O)NC2=O)OC(CO)C(O)C1O. The number of aliphatic hydroxyl groups excluding tert-OH is 10. The van der Waals surface area contributed by atoms with Crippen molar-refractivity contribution in [1.82, 2.24) is 42.5 Å². The van der Waals surface area contributed by atoms with Gasteiger partial charge in [0.2, 0.25) is 65.6 Å². The van der Waals surface area contributed by atoms with Crippen LogP contribution in [0.15, 0.2) is 115 Å². The molecule has 0 aliphatic carbocycles. The van der Waals surface area contributed by atoms with Crippen LogP contribution in [0, 0.1) is 0 Å². The van der Waals surface area contributed by atoms with Crippen LogP contribution in [0.4, 0.5) is 0 Å². The van der Waals surface area contributed by atoms with Crippen molar-refractivity contribution in [1.29, 1.82) is 0 Å². The molecular formula is C80H81Cl2N9O33. The highest BCUT2D eigenvalue weighted by atomic mass is 35.5. The maximum Gasteiger partial charge on any atom is 0.330 e. The molecule has 42 nitrogen and oxygen atoms in total. The molecule has 17 bridgehead atoms. The lowest BCUT2D eigenvalue weighted by Gasteiger charge is -2.44. The average molecular weight is 1770 g/mol. The molecule has 25 N–H and O–H groups in total. The molecule has 8 amide bonds. The molecule has 124 heavy (non-hydrogen) atoms. The number of amides is 8. The van der Waals surface area contributed by atoms with Gasteiger partial charge in [-0.3, -0.25) is 38.4 Å². The maximum absolute atomic E-state index is 16.9. The summed E-state index contributed by atoms with van der Waals surface area (Å²) in [6.45, 7) is -1.16. The summed E-state index contributed by atoms with van der Waals surface area (Å²) >= 11 is 14.6. The second kappa shape index (κ2) is 36.0. The minimum Gasteiger partial charge on any atom is -0.508 e. The fourth-order valence-electron chi connectivity index (χ4n) is 15.3. The van der Waals surface area contributed by atoms with Crippen LogP contribution in [0.3, 0.4) is 0 Å². The Hall–Kier alpha value is -12.1. The number of carboxylic acid groups (broad SMARTS) is 1. The van der Waals surface area contributed by atoms with Crippen molar-refractivity contribution in [2.24, 2.45) is 5.73 Å². The average Bonchev–Trinajstić information content (AvgIpc) is 0.758. The number of benzene rings is 7. The molecule has 0 radical (unpaired) electrons. The van der Waals surface area contributed by atoms with Crippen LogP contribution < -0.4 is 72.0 Å². The van der Waals surface area contributed by atoms with Crippen LogP contribution >= 0.6 is 23.2 Å². The summed E-state index contributed by atoms with van der Waals surface area (Å²) in [5.74, 6) is -19.8. The van der Waals surface area contributed by atoms with E-state index < -0.39 is 316 Å². The Bertz CT molecular complexity index is 5380. The quantitative estimate of drug-likeness (QED) is 0.0632. The van der Waals surface area contributed by atoms with Gasteiger partial charge in [0.15, 0.2) is 35.3 Å². The van der Waals surface area contributed by atoms with Crippen LogP contribution in [-0.2, 0) is 68.5 Å². The Labute approximate surface area is 708 Å². The second-order valence-electron chi connectivity index (χ2n) is 30.0. The molecule has 23 atom stereocenters. The smallest absolute Gasteiger partial charge is 0.330 e. The van der Waals surface area contributed by atoms with Gasteiger partial charge in [0.05, 0.1) is 29.9 Å². The van der Waals surface area contributed by atoms with E-state index in [2.05, 4.69) is 42.5 Å². The predicted octanol–water partition coefficient (Wildman–Crippen LogP) is -1.96. The van der Waals surface area contributed by atoms with Crippen LogP contribution in [0.25, 0.3) is 11.1 Å². The van der Waals surface area contributed by atoms with E-state index in [-0.39, 0.29) is 33.4 Å². The summed E-state index contributed by atoms with van der Waals surface area (Å²) in [6.07, 6.45) is -29.2. The Balaban J connectivity index is 1.05. The summed E-state index contributed by atoms with van der Waals surface area (Å²) < 4.78 is 56.7. The number of aliphatic carboxylic acids is 1. The molecule has 16 rings (SSSR count). The number of nitrogens with one attached hydrogen (secondary N) is 8. The number of aliphatic hydroxyl groups is 10. The summed E-state index contributed by atoms with van der Waals surface area (Å²) in [5.41, 5.74) is 2.71. The van der Waals surface area contributed by atoms with E-state index in [1.165, 1.54) is 30.3 Å². The molecule has 0 saturated carbocycles. The third-order valence-electron chi connectivity index (χ3n) is 21.5. The zero-order valence-electron chi connectivity index (χ0n) is 64.5. The molecule has 3 fully saturated rings. The van der Waals surface area contributed by atoms with Gasteiger partial charge < -0.3 is 167 Å². The number of rotatable bonds is 12. The molecular weight excluding hydrogens is 1690 g/mol. The molecule has 7 aromatic carbocycles. The molecule has 7 aromatic rings. The number of carbonyl (C=O) groups excluding carboxylic acids is 8. The first-order valence-corrected chi connectivity index (χ1v) is 38.8. The lowest BCUT2D eigenvalue weighted by molar-refractivity contribution is -0.284. The van der Waals surface area contributed by atoms with E-state index in [1.54, 1.807) is 0 Å². The first kappa shape index (κ1) is 88.3. The van der Waals surface area contributed by atoms with Crippen LogP contribution in [-0.4, -0.2) is 254 Å². The molecule has 9 aliphatic heterocycles. The Morgan fingerprint density at radius 1 is 0.476 bits per heavy atom. The summed E-state index contributed by atoms with van der Waals surface area (Å²) in [4.78, 5) is 136. The standard InChI is InChI=1S/C80H81Cl2N9O33/c1-26(95)84-59-65(104)62(101)50(23-92)120-78(59)123-69-31-6-10-45(40(82)16-31)118-49-19-33-18-48(70(49)124-79-60(85-27(2)96)66(105)63(102)51(24-93)121-79)117-44-9-3-28(11-39(44)81)12-41-71(108)87-56(32-13-34(97)20-36(14-32)116-46-17-29(4-8-43(46)100)54(83)72(109)86-41)74(111)89-57(33)75(112)88-55-30-5-7-42(99)37(15-30)53-38(58(77(114)115)90-76(113)61(69)91-73(55)110)21-35(98)22-47(53)119-80-68(107)67(106)64(103)52(25-94)122-80/h3-11,13-22,41,50-52,54-69,78-80,92-94,97-107H,12,23-25,83H2,1-2H3,(H,84,95)(H,85,96)(H,86,109)(H,87,108)(H,88,112)(H,89,111)(H,90,113)(H,91,110)(H,114,115)/t41-,50?,51?,52?,54-,55?,56+,57-,58+,59?,60?,61+,62?,63?,64?,65?,66?,67?,68?,69-,78?,79?,80?/m1/s1. The predicted molar refractivity (Wildman–Crippen MR) is 416 cm³/mol. The number of nitrogens with two attached hydrogens (primary N) is 1. The van der Waals surface area contributed by atoms with Crippen molar-refractivity contribution in [3.05, 3.63) is 164 Å². The molecule has 9 heterocycles. The minimum absolute atomic E-state index is 0.0241. The van der Waals surface area contributed by atoms with Gasteiger partial charge in [0.25, 0.3) is 0 Å². The molecule has 9 aliphatic rings. The zero-order chi connectivity index (χ0) is 89.0. The van der Waals surface area contributed by atoms with E-state index in [4.69, 9.17) is 71.6 Å². The molecule has 3 saturated heterocycles. The topological polar surface area (TPSA) is 662 Å². The van der Waals surface area contributed by atoms with Crippen molar-refractivity contribution >= 4 is 76.4 Å². The zero-order valence-corrected chi connectivity index (χ0v) is 66.0. The number of carboxylic acids is 1. The summed E-state index contributed by atoms with van der Waals surface area (Å²) in [6, 6.07) is 0.427. The van der Waals surface area contributed by atoms with E-state index >= 15 is 24.0 Å². The number of phenols is 4. The Morgan fingerprint density at radius 3 is 1.60 bits per heavy atom. The first-order valence-electron chi connectivity index (χ1n) is 38.0. The number of carbonyl (C=O) groups is 9. The molecule has 658 valence electrons. The molecule has 16 unspecified atom stereocenters. The number of hydrogen-bond donors (Lipinski definition) is 24. The largest absolute Gasteiger partial charge is 0.508 e. The summed E-state index contributed by atoms with van der Waals surface area (Å²) in [7, 11) is 0. The Kier molecular flexibility index (Phi) is 25.6. The van der Waals surface area contributed by atoms with Crippen LogP contribution in [0.5, 0.6) is 69.0 Å². The summed E-state index contributed by atoms with van der Waals surface area (Å²) in [5, 5.41) is 188. The number of aromatic hydroxyl groups is 4. The third kappa shape index (κ3) is 17.9. The van der Waals surface area contributed by atoms with Crippen LogP contribution in [0.1, 0.15) is 89.1 Å². The van der Waals surface area contributed by atoms with Crippen molar-refractivity contribution in [2.75, 3.05) is 19.8 Å². The highest BCUT2D eigenvalue weighted by molar-refractivity contribution is 6.32. The molecule has 0 spiro atoms. The van der Waals surface area contributed by atoms with Gasteiger partial charge in [-0.1, -0.05) is 47.5 Å². The minimum atomic E-state index is -2.59. The van der Waals surface area contributed by atoms with Crippen molar-refractivity contribution in [2.45, 2.75) is 161 Å². The maximum atomic E-state index is 16.9. The fourth-order valence-corrected chi connectivity index (χ4v) is 15.7. The fraction of sp³-hybridized carbons (Fsp3) is 0.362. The van der Waals surface area contributed by atoms with Gasteiger partial charge >= 0.3 is 5.97 Å². The highest BCUT2D eigenvalue weighted by Gasteiger charge is 2.52. The van der Waals surface area contributed by atoms with Gasteiger partial charge in [-0.15, -0.1) is 0 Å². The number of ether oxygens (including phenoxy) is 9. The van der Waals surface area contributed by atoms with Gasteiger partial charge in [0, 0.05) is 49.1 Å². The number of hydrogen-bond acceptors (Lipinski definition) is 33. The van der Waals surface area contributed by atoms with Crippen molar-refractivity contribution < 1.29 is 162 Å². The van der Waals surface area contributed by atoms with E-state index in [0.717, 1.165) is 98.8 Å². The lowest BCUT2D eigenvalue weighted by Crippen LogP contribution is -2.65. The third-order valence-corrected chi connectivity index (χ3v) is 22.1. The van der Waals surface area contributed by atoms with Gasteiger partial charge in [-0.05, 0) is 112 Å². The number of fused-ring (bicyclic) bond motifs is 14. The van der Waals surface area contributed by atoms with Crippen LogP contribution in [0.2, 0.25) is 10.0 Å².